The van der Waals surface area contributed by atoms with Crippen LogP contribution in [0.25, 0.3) is 0 Å². The van der Waals surface area contributed by atoms with E-state index in [1.807, 2.05) is 6.92 Å². The van der Waals surface area contributed by atoms with Crippen LogP contribution in [0.3, 0.4) is 0 Å². The summed E-state index contributed by atoms with van der Waals surface area (Å²) in [5.41, 5.74) is 0. The molecule has 0 aliphatic carbocycles. The molecule has 1 unspecified atom stereocenters. The number of carbonyl (C=O) groups is 1. The first-order valence-electron chi connectivity index (χ1n) is 5.80. The average molecular weight is 198 g/mol. The van der Waals surface area contributed by atoms with Gasteiger partial charge in [-0.05, 0) is 51.6 Å². The van der Waals surface area contributed by atoms with Crippen molar-refractivity contribution < 1.29 is 4.79 Å². The lowest BCUT2D eigenvalue weighted by atomic mass is 9.95. The van der Waals surface area contributed by atoms with E-state index >= 15 is 0 Å². The highest BCUT2D eigenvalue weighted by molar-refractivity contribution is 5.75. The second-order valence-corrected chi connectivity index (χ2v) is 4.04. The fourth-order valence-electron chi connectivity index (χ4n) is 2.00. The van der Waals surface area contributed by atoms with E-state index in [0.717, 1.165) is 32.0 Å². The molecule has 0 aromatic carbocycles. The smallest absolute Gasteiger partial charge is 0.219 e. The molecular formula is C11H22N2O. The third-order valence-electron chi connectivity index (χ3n) is 2.85. The molecule has 0 radical (unpaired) electrons. The maximum atomic E-state index is 11.2. The summed E-state index contributed by atoms with van der Waals surface area (Å²) in [6.45, 7) is 5.00. The van der Waals surface area contributed by atoms with Crippen molar-refractivity contribution in [3.63, 3.8) is 0 Å². The molecule has 1 saturated heterocycles. The number of hydrogen-bond donors (Lipinski definition) is 2. The topological polar surface area (TPSA) is 41.1 Å². The highest BCUT2D eigenvalue weighted by Crippen LogP contribution is 2.18. The summed E-state index contributed by atoms with van der Waals surface area (Å²) in [6.07, 6.45) is 5.55. The van der Waals surface area contributed by atoms with Crippen molar-refractivity contribution in [3.05, 3.63) is 0 Å². The van der Waals surface area contributed by atoms with Gasteiger partial charge in [-0.2, -0.15) is 0 Å². The van der Waals surface area contributed by atoms with Gasteiger partial charge in [0.2, 0.25) is 5.91 Å². The first-order chi connectivity index (χ1) is 6.83. The molecule has 14 heavy (non-hydrogen) atoms. The van der Waals surface area contributed by atoms with Gasteiger partial charge in [0, 0.05) is 13.0 Å². The zero-order valence-electron chi connectivity index (χ0n) is 9.14. The zero-order chi connectivity index (χ0) is 10.2. The average Bonchev–Trinajstić information content (AvgIpc) is 2.43. The van der Waals surface area contributed by atoms with Crippen LogP contribution in [0.5, 0.6) is 0 Å². The monoisotopic (exact) mass is 198 g/mol. The van der Waals surface area contributed by atoms with Crippen molar-refractivity contribution >= 4 is 5.91 Å². The highest BCUT2D eigenvalue weighted by atomic mass is 16.1. The van der Waals surface area contributed by atoms with Gasteiger partial charge in [-0.15, -0.1) is 0 Å². The van der Waals surface area contributed by atoms with Gasteiger partial charge in [-0.1, -0.05) is 0 Å². The molecule has 1 fully saturated rings. The fourth-order valence-corrected chi connectivity index (χ4v) is 2.00. The molecule has 1 atom stereocenters. The van der Waals surface area contributed by atoms with Crippen LogP contribution in [-0.2, 0) is 4.79 Å². The normalized spacial score (nSPS) is 22.8. The van der Waals surface area contributed by atoms with Crippen molar-refractivity contribution in [1.82, 2.24) is 10.6 Å². The molecule has 1 rings (SSSR count). The van der Waals surface area contributed by atoms with Gasteiger partial charge in [0.25, 0.3) is 0 Å². The van der Waals surface area contributed by atoms with Crippen LogP contribution in [0.1, 0.15) is 39.0 Å². The van der Waals surface area contributed by atoms with Crippen molar-refractivity contribution in [1.29, 1.82) is 0 Å². The van der Waals surface area contributed by atoms with E-state index in [2.05, 4.69) is 10.6 Å². The Morgan fingerprint density at radius 3 is 3.07 bits per heavy atom. The second-order valence-electron chi connectivity index (χ2n) is 4.04. The van der Waals surface area contributed by atoms with Crippen LogP contribution in [0.15, 0.2) is 0 Å². The Bertz CT molecular complexity index is 163. The molecular weight excluding hydrogens is 176 g/mol. The van der Waals surface area contributed by atoms with Gasteiger partial charge in [0.15, 0.2) is 0 Å². The Labute approximate surface area is 86.6 Å². The molecule has 0 aromatic rings. The Balaban J connectivity index is 2.12. The minimum atomic E-state index is 0.213. The van der Waals surface area contributed by atoms with Gasteiger partial charge in [-0.3, -0.25) is 4.79 Å². The molecule has 82 valence electrons. The molecule has 1 aliphatic heterocycles. The molecule has 0 saturated carbocycles. The first kappa shape index (κ1) is 11.5. The van der Waals surface area contributed by atoms with Crippen molar-refractivity contribution in [2.24, 2.45) is 5.92 Å². The summed E-state index contributed by atoms with van der Waals surface area (Å²) in [5, 5.41) is 6.24. The Kier molecular flexibility index (Phi) is 5.60. The van der Waals surface area contributed by atoms with Gasteiger partial charge < -0.3 is 10.6 Å². The van der Waals surface area contributed by atoms with Gasteiger partial charge in [0.05, 0.1) is 0 Å². The summed E-state index contributed by atoms with van der Waals surface area (Å²) in [4.78, 5) is 11.2. The molecule has 0 bridgehead atoms. The maximum absolute atomic E-state index is 11.2. The van der Waals surface area contributed by atoms with Gasteiger partial charge in [0.1, 0.15) is 0 Å². The summed E-state index contributed by atoms with van der Waals surface area (Å²) in [6, 6.07) is 0. The highest BCUT2D eigenvalue weighted by Gasteiger charge is 2.12. The molecule has 0 aromatic heterocycles. The standard InChI is InChI=1S/C11H22N2O/c1-2-13-11(14)6-5-10-4-3-8-12-9-7-10/h10,12H,2-9H2,1H3,(H,13,14). The van der Waals surface area contributed by atoms with Gasteiger partial charge >= 0.3 is 0 Å². The van der Waals surface area contributed by atoms with Crippen LogP contribution >= 0.6 is 0 Å². The van der Waals surface area contributed by atoms with E-state index in [1.54, 1.807) is 0 Å². The van der Waals surface area contributed by atoms with E-state index in [0.29, 0.717) is 6.42 Å². The molecule has 0 spiro atoms. The third kappa shape index (κ3) is 4.61. The van der Waals surface area contributed by atoms with Crippen LogP contribution in [0.4, 0.5) is 0 Å². The number of hydrogen-bond acceptors (Lipinski definition) is 2. The summed E-state index contributed by atoms with van der Waals surface area (Å²) >= 11 is 0. The summed E-state index contributed by atoms with van der Waals surface area (Å²) < 4.78 is 0. The van der Waals surface area contributed by atoms with E-state index in [1.165, 1.54) is 19.3 Å². The zero-order valence-corrected chi connectivity index (χ0v) is 9.14. The molecule has 1 heterocycles. The largest absolute Gasteiger partial charge is 0.356 e. The van der Waals surface area contributed by atoms with E-state index < -0.39 is 0 Å². The lowest BCUT2D eigenvalue weighted by Gasteiger charge is -2.12. The van der Waals surface area contributed by atoms with E-state index in [-0.39, 0.29) is 5.91 Å². The summed E-state index contributed by atoms with van der Waals surface area (Å²) in [7, 11) is 0. The third-order valence-corrected chi connectivity index (χ3v) is 2.85. The fraction of sp³-hybridized carbons (Fsp3) is 0.909. The Morgan fingerprint density at radius 2 is 2.29 bits per heavy atom. The molecule has 3 heteroatoms. The van der Waals surface area contributed by atoms with Crippen molar-refractivity contribution in [3.8, 4) is 0 Å². The van der Waals surface area contributed by atoms with Crippen LogP contribution in [0.2, 0.25) is 0 Å². The predicted molar refractivity (Wildman–Crippen MR) is 58.1 cm³/mol. The van der Waals surface area contributed by atoms with Crippen LogP contribution in [0, 0.1) is 5.92 Å². The Hall–Kier alpha value is -0.570. The van der Waals surface area contributed by atoms with Crippen LogP contribution in [-0.4, -0.2) is 25.5 Å². The maximum Gasteiger partial charge on any atom is 0.219 e. The minimum Gasteiger partial charge on any atom is -0.356 e. The SMILES string of the molecule is CCNC(=O)CCC1CCCNCC1. The minimum absolute atomic E-state index is 0.213. The Morgan fingerprint density at radius 1 is 1.43 bits per heavy atom. The van der Waals surface area contributed by atoms with Gasteiger partial charge in [-0.25, -0.2) is 0 Å². The van der Waals surface area contributed by atoms with Crippen molar-refractivity contribution in [2.45, 2.75) is 39.0 Å². The number of rotatable bonds is 4. The predicted octanol–water partition coefficient (Wildman–Crippen LogP) is 1.29. The summed E-state index contributed by atoms with van der Waals surface area (Å²) in [5.74, 6) is 0.970. The molecule has 1 aliphatic rings. The quantitative estimate of drug-likeness (QED) is 0.714. The lowest BCUT2D eigenvalue weighted by Crippen LogP contribution is -2.23. The number of nitrogens with one attached hydrogen (secondary N) is 2. The number of amides is 1. The first-order valence-corrected chi connectivity index (χ1v) is 5.80. The van der Waals surface area contributed by atoms with Crippen molar-refractivity contribution in [2.75, 3.05) is 19.6 Å². The lowest BCUT2D eigenvalue weighted by molar-refractivity contribution is -0.121. The second kappa shape index (κ2) is 6.82. The molecule has 2 N–H and O–H groups in total. The van der Waals surface area contributed by atoms with E-state index in [9.17, 15) is 4.79 Å². The van der Waals surface area contributed by atoms with Crippen LogP contribution < -0.4 is 10.6 Å². The number of carbonyl (C=O) groups excluding carboxylic acids is 1. The molecule has 3 nitrogen and oxygen atoms in total. The molecule has 1 amide bonds. The van der Waals surface area contributed by atoms with E-state index in [4.69, 9.17) is 0 Å².